The van der Waals surface area contributed by atoms with Gasteiger partial charge in [-0.05, 0) is 19.1 Å². The smallest absolute Gasteiger partial charge is 0.651 e. The molecule has 0 atom stereocenters. The van der Waals surface area contributed by atoms with Crippen LogP contribution in [0.3, 0.4) is 0 Å². The van der Waals surface area contributed by atoms with Crippen LogP contribution in [-0.4, -0.2) is 25.7 Å². The van der Waals surface area contributed by atoms with E-state index in [1.165, 1.54) is 7.05 Å². The number of hydrogen-bond acceptors (Lipinski definition) is 3. The Labute approximate surface area is 131 Å². The Morgan fingerprint density at radius 3 is 2.11 bits per heavy atom. The van der Waals surface area contributed by atoms with Crippen molar-refractivity contribution in [2.45, 2.75) is 20.8 Å². The van der Waals surface area contributed by atoms with Gasteiger partial charge in [0.15, 0.2) is 0 Å². The number of hydrazone groups is 1. The topological polar surface area (TPSA) is 46.8 Å². The average Bonchev–Trinajstić information content (AvgIpc) is 2.40. The first-order valence-electron chi connectivity index (χ1n) is 5.63. The van der Waals surface area contributed by atoms with Crippen LogP contribution in [0.5, 0.6) is 0 Å². The van der Waals surface area contributed by atoms with E-state index in [0.717, 1.165) is 5.69 Å². The second-order valence-corrected chi connectivity index (χ2v) is 3.07. The zero-order valence-corrected chi connectivity index (χ0v) is 15.5. The Bertz CT molecular complexity index is 366. The van der Waals surface area contributed by atoms with Crippen LogP contribution in [-0.2, 0) is 25.9 Å². The van der Waals surface area contributed by atoms with Gasteiger partial charge < -0.3 is 17.5 Å². The standard InChI is InChI=1S/C11H15N3O.C2H6.CH3.W/c1-9(11(15)12-2)13-14(3)10-7-5-4-6-8-10;1-2;;/h4-8H,1-3H3,(H,12,15);1-2H3;1H3;/q;;-1;+2/p-1. The van der Waals surface area contributed by atoms with Gasteiger partial charge in [-0.1, -0.05) is 32.0 Å². The fraction of sp³-hybridized carbons (Fsp3) is 0.357. The Morgan fingerprint density at radius 1 is 1.21 bits per heavy atom. The number of para-hydroxylation sites is 1. The predicted octanol–water partition coefficient (Wildman–Crippen LogP) is 3.50. The zero-order chi connectivity index (χ0) is 13.3. The Kier molecular flexibility index (Phi) is 16.1. The number of anilines is 1. The average molecular weight is 433 g/mol. The van der Waals surface area contributed by atoms with E-state index in [-0.39, 0.29) is 34.4 Å². The third-order valence-electron chi connectivity index (χ3n) is 1.94. The van der Waals surface area contributed by atoms with Crippen LogP contribution in [0, 0.1) is 7.43 Å². The minimum absolute atomic E-state index is 0. The number of nitrogens with zero attached hydrogens (tertiary/aromatic N) is 3. The fourth-order valence-electron chi connectivity index (χ4n) is 1.13. The van der Waals surface area contributed by atoms with Gasteiger partial charge in [0.05, 0.1) is 17.3 Å². The van der Waals surface area contributed by atoms with Crippen LogP contribution >= 0.6 is 0 Å². The zero-order valence-electron chi connectivity index (χ0n) is 12.5. The summed E-state index contributed by atoms with van der Waals surface area (Å²) in [4.78, 5) is 11.2. The molecule has 0 fully saturated rings. The number of carbonyl (C=O) groups is 1. The van der Waals surface area contributed by atoms with Crippen LogP contribution in [0.4, 0.5) is 5.69 Å². The molecule has 0 aliphatic rings. The van der Waals surface area contributed by atoms with Crippen LogP contribution in [0.15, 0.2) is 35.4 Å². The van der Waals surface area contributed by atoms with E-state index in [2.05, 4.69) is 10.4 Å². The molecule has 106 valence electrons. The number of hydrogen-bond donors (Lipinski definition) is 0. The van der Waals surface area contributed by atoms with Gasteiger partial charge in [-0.25, -0.2) is 0 Å². The summed E-state index contributed by atoms with van der Waals surface area (Å²) in [5, 5.41) is 9.31. The largest absolute Gasteiger partial charge is 2.00 e. The molecule has 0 saturated heterocycles. The normalized spacial score (nSPS) is 9.00. The van der Waals surface area contributed by atoms with Crippen molar-refractivity contribution in [3.63, 3.8) is 0 Å². The number of rotatable bonds is 3. The van der Waals surface area contributed by atoms with Crippen molar-refractivity contribution in [1.29, 1.82) is 0 Å². The second kappa shape index (κ2) is 13.3. The van der Waals surface area contributed by atoms with Crippen molar-refractivity contribution in [3.8, 4) is 0 Å². The Hall–Kier alpha value is -1.15. The summed E-state index contributed by atoms with van der Waals surface area (Å²) in [6, 6.07) is 9.61. The third kappa shape index (κ3) is 8.55. The molecule has 0 heterocycles. The third-order valence-corrected chi connectivity index (χ3v) is 1.94. The molecule has 4 nitrogen and oxygen atoms in total. The van der Waals surface area contributed by atoms with Crippen molar-refractivity contribution in [2.75, 3.05) is 19.1 Å². The summed E-state index contributed by atoms with van der Waals surface area (Å²) in [6.07, 6.45) is 0. The molecule has 0 bridgehead atoms. The number of amides is 1. The van der Waals surface area contributed by atoms with Gasteiger partial charge in [0.2, 0.25) is 0 Å². The summed E-state index contributed by atoms with van der Waals surface area (Å²) < 4.78 is 0. The van der Waals surface area contributed by atoms with Crippen LogP contribution in [0.25, 0.3) is 5.32 Å². The quantitative estimate of drug-likeness (QED) is 0.416. The maximum atomic E-state index is 11.2. The van der Waals surface area contributed by atoms with Crippen molar-refractivity contribution in [2.24, 2.45) is 5.10 Å². The molecule has 0 aliphatic carbocycles. The second-order valence-electron chi connectivity index (χ2n) is 3.07. The minimum Gasteiger partial charge on any atom is -0.651 e. The molecule has 0 saturated carbocycles. The van der Waals surface area contributed by atoms with E-state index < -0.39 is 0 Å². The molecular formula is C14H23N3OW. The van der Waals surface area contributed by atoms with Gasteiger partial charge in [0.25, 0.3) is 0 Å². The van der Waals surface area contributed by atoms with E-state index >= 15 is 0 Å². The maximum absolute atomic E-state index is 11.2. The molecular weight excluding hydrogens is 410 g/mol. The van der Waals surface area contributed by atoms with Crippen LogP contribution in [0.2, 0.25) is 0 Å². The molecule has 0 spiro atoms. The summed E-state index contributed by atoms with van der Waals surface area (Å²) >= 11 is 0. The molecule has 0 N–H and O–H groups in total. The van der Waals surface area contributed by atoms with Gasteiger partial charge in [-0.3, -0.25) is 5.01 Å². The van der Waals surface area contributed by atoms with Crippen molar-refractivity contribution in [1.82, 2.24) is 0 Å². The molecule has 0 radical (unpaired) electrons. The molecule has 0 aromatic heterocycles. The molecule has 0 aliphatic heterocycles. The maximum Gasteiger partial charge on any atom is 2.00 e. The van der Waals surface area contributed by atoms with E-state index in [1.807, 2.05) is 44.2 Å². The molecule has 1 amide bonds. The fourth-order valence-corrected chi connectivity index (χ4v) is 1.13. The molecule has 1 aromatic rings. The summed E-state index contributed by atoms with van der Waals surface area (Å²) in [5.41, 5.74) is 1.31. The first-order chi connectivity index (χ1) is 8.15. The molecule has 1 aromatic carbocycles. The van der Waals surface area contributed by atoms with Crippen molar-refractivity contribution in [3.05, 3.63) is 43.1 Å². The van der Waals surface area contributed by atoms with Gasteiger partial charge >= 0.3 is 21.1 Å². The van der Waals surface area contributed by atoms with Crippen LogP contribution < -0.4 is 5.01 Å². The monoisotopic (exact) mass is 433 g/mol. The first-order valence-corrected chi connectivity index (χ1v) is 5.63. The van der Waals surface area contributed by atoms with Gasteiger partial charge in [0, 0.05) is 7.05 Å². The molecule has 19 heavy (non-hydrogen) atoms. The van der Waals surface area contributed by atoms with E-state index in [9.17, 15) is 4.79 Å². The predicted molar refractivity (Wildman–Crippen MR) is 80.0 cm³/mol. The number of carbonyl (C=O) groups excluding carboxylic acids is 1. The van der Waals surface area contributed by atoms with Gasteiger partial charge in [-0.15, -0.1) is 7.05 Å². The summed E-state index contributed by atoms with van der Waals surface area (Å²) in [7, 11) is 3.26. The van der Waals surface area contributed by atoms with Crippen molar-refractivity contribution < 1.29 is 25.9 Å². The molecule has 1 rings (SSSR count). The Morgan fingerprint density at radius 2 is 1.68 bits per heavy atom. The van der Waals surface area contributed by atoms with Crippen molar-refractivity contribution >= 4 is 17.3 Å². The first kappa shape index (κ1) is 23.0. The van der Waals surface area contributed by atoms with E-state index in [0.29, 0.717) is 5.71 Å². The Balaban J connectivity index is -0.000000609. The SMILES string of the molecule is CC.C[N-]C(=O)C(C)=NN(C)c1ccccc1.[CH3-].[W+2]. The minimum atomic E-state index is -0.294. The van der Waals surface area contributed by atoms with E-state index in [4.69, 9.17) is 0 Å². The van der Waals surface area contributed by atoms with Gasteiger partial charge in [-0.2, -0.15) is 5.10 Å². The molecule has 0 unspecified atom stereocenters. The summed E-state index contributed by atoms with van der Waals surface area (Å²) in [5.74, 6) is -0.294. The van der Waals surface area contributed by atoms with Gasteiger partial charge in [0.1, 0.15) is 0 Å². The van der Waals surface area contributed by atoms with Crippen LogP contribution in [0.1, 0.15) is 20.8 Å². The molecule has 5 heteroatoms. The summed E-state index contributed by atoms with van der Waals surface area (Å²) in [6.45, 7) is 5.65. The van der Waals surface area contributed by atoms with E-state index in [1.54, 1.807) is 19.0 Å². The number of benzene rings is 1.